The first kappa shape index (κ1) is 16.7. The third-order valence-corrected chi connectivity index (χ3v) is 4.53. The molecule has 134 valence electrons. The van der Waals surface area contributed by atoms with Gasteiger partial charge in [-0.1, -0.05) is 11.8 Å². The number of hydrogen-bond donors (Lipinski definition) is 1. The van der Waals surface area contributed by atoms with E-state index in [1.54, 1.807) is 42.8 Å². The molecule has 0 atom stereocenters. The highest BCUT2D eigenvalue weighted by molar-refractivity contribution is 5.80. The molecule has 26 heavy (non-hydrogen) atoms. The van der Waals surface area contributed by atoms with Crippen LogP contribution in [0.2, 0.25) is 0 Å². The number of nitrogens with one attached hydrogen (secondary N) is 1. The topological polar surface area (TPSA) is 31.4 Å². The van der Waals surface area contributed by atoms with E-state index >= 15 is 0 Å². The van der Waals surface area contributed by atoms with Crippen LogP contribution in [0, 0.1) is 17.8 Å². The SMILES string of the molecule is CN1Nc2c(ccc(C#Cc3ccncc3)c2C(F)(F)F)N1CC1CC1. The molecular weight excluding hydrogens is 341 g/mol. The number of hydrogen-bond acceptors (Lipinski definition) is 4. The summed E-state index contributed by atoms with van der Waals surface area (Å²) in [5.74, 6) is 6.00. The highest BCUT2D eigenvalue weighted by Crippen LogP contribution is 2.46. The van der Waals surface area contributed by atoms with Crippen LogP contribution in [-0.2, 0) is 6.18 Å². The minimum atomic E-state index is -4.50. The molecule has 1 fully saturated rings. The van der Waals surface area contributed by atoms with Gasteiger partial charge in [-0.25, -0.2) is 0 Å². The van der Waals surface area contributed by atoms with Crippen molar-refractivity contribution < 1.29 is 13.2 Å². The van der Waals surface area contributed by atoms with Crippen LogP contribution in [0.5, 0.6) is 0 Å². The second kappa shape index (κ2) is 6.22. The average Bonchev–Trinajstić information content (AvgIpc) is 3.36. The first-order valence-corrected chi connectivity index (χ1v) is 8.37. The second-order valence-electron chi connectivity index (χ2n) is 6.53. The maximum atomic E-state index is 13.8. The molecule has 1 aliphatic carbocycles. The summed E-state index contributed by atoms with van der Waals surface area (Å²) in [6.45, 7) is 0.718. The van der Waals surface area contributed by atoms with Crippen molar-refractivity contribution >= 4 is 11.4 Å². The monoisotopic (exact) mass is 358 g/mol. The minimum absolute atomic E-state index is 0.0396. The molecule has 0 saturated heterocycles. The van der Waals surface area contributed by atoms with E-state index in [-0.39, 0.29) is 11.3 Å². The molecule has 0 spiro atoms. The fourth-order valence-corrected chi connectivity index (χ4v) is 3.04. The maximum absolute atomic E-state index is 13.8. The zero-order valence-corrected chi connectivity index (χ0v) is 14.1. The summed E-state index contributed by atoms with van der Waals surface area (Å²) < 4.78 is 41.4. The van der Waals surface area contributed by atoms with Crippen molar-refractivity contribution in [2.24, 2.45) is 5.92 Å². The van der Waals surface area contributed by atoms with Crippen LogP contribution < -0.4 is 10.4 Å². The van der Waals surface area contributed by atoms with E-state index in [4.69, 9.17) is 0 Å². The number of aromatic nitrogens is 1. The Labute approximate surface area is 149 Å². The lowest BCUT2D eigenvalue weighted by Crippen LogP contribution is -2.39. The Morgan fingerprint density at radius 2 is 1.88 bits per heavy atom. The summed E-state index contributed by atoms with van der Waals surface area (Å²) in [4.78, 5) is 3.88. The number of hydrazine groups is 2. The quantitative estimate of drug-likeness (QED) is 0.825. The van der Waals surface area contributed by atoms with Crippen LogP contribution >= 0.6 is 0 Å². The molecule has 1 aromatic heterocycles. The van der Waals surface area contributed by atoms with Gasteiger partial charge in [-0.15, -0.1) is 5.12 Å². The van der Waals surface area contributed by atoms with Crippen molar-refractivity contribution in [3.8, 4) is 11.8 Å². The molecule has 0 bridgehead atoms. The van der Waals surface area contributed by atoms with Crippen LogP contribution in [0.25, 0.3) is 0 Å². The molecule has 0 unspecified atom stereocenters. The fraction of sp³-hybridized carbons (Fsp3) is 0.316. The van der Waals surface area contributed by atoms with Gasteiger partial charge in [0.15, 0.2) is 0 Å². The molecule has 0 radical (unpaired) electrons. The van der Waals surface area contributed by atoms with E-state index in [0.29, 0.717) is 17.2 Å². The first-order valence-electron chi connectivity index (χ1n) is 8.37. The van der Waals surface area contributed by atoms with Gasteiger partial charge in [0.1, 0.15) is 0 Å². The van der Waals surface area contributed by atoms with Crippen molar-refractivity contribution in [3.05, 3.63) is 53.3 Å². The standard InChI is InChI=1S/C19H17F3N4/c1-25-24-18-16(26(25)12-14-2-3-14)7-6-15(17(18)19(20,21)22)5-4-13-8-10-23-11-9-13/h6-11,14,24H,2-3,12H2,1H3. The molecule has 1 aliphatic heterocycles. The Morgan fingerprint density at radius 1 is 1.15 bits per heavy atom. The van der Waals surface area contributed by atoms with Crippen LogP contribution in [0.15, 0.2) is 36.7 Å². The first-order chi connectivity index (χ1) is 12.4. The van der Waals surface area contributed by atoms with Gasteiger partial charge in [0, 0.05) is 37.1 Å². The molecule has 0 amide bonds. The van der Waals surface area contributed by atoms with Crippen molar-refractivity contribution in [1.29, 1.82) is 0 Å². The molecule has 2 aliphatic rings. The molecule has 4 rings (SSSR count). The largest absolute Gasteiger partial charge is 0.419 e. The van der Waals surface area contributed by atoms with Gasteiger partial charge >= 0.3 is 6.18 Å². The maximum Gasteiger partial charge on any atom is 0.419 e. The lowest BCUT2D eigenvalue weighted by Gasteiger charge is -2.25. The lowest BCUT2D eigenvalue weighted by molar-refractivity contribution is -0.137. The van der Waals surface area contributed by atoms with Gasteiger partial charge in [0.05, 0.1) is 16.9 Å². The van der Waals surface area contributed by atoms with Crippen LogP contribution in [0.3, 0.4) is 0 Å². The number of anilines is 2. The predicted molar refractivity (Wildman–Crippen MR) is 93.1 cm³/mol. The van der Waals surface area contributed by atoms with Gasteiger partial charge in [0.25, 0.3) is 0 Å². The van der Waals surface area contributed by atoms with Gasteiger partial charge in [-0.3, -0.25) is 15.4 Å². The van der Waals surface area contributed by atoms with E-state index in [2.05, 4.69) is 22.3 Å². The van der Waals surface area contributed by atoms with Gasteiger partial charge in [0.2, 0.25) is 0 Å². The Balaban J connectivity index is 1.77. The summed E-state index contributed by atoms with van der Waals surface area (Å²) in [5.41, 5.74) is 3.33. The number of rotatable bonds is 2. The highest BCUT2D eigenvalue weighted by Gasteiger charge is 2.41. The molecule has 1 saturated carbocycles. The van der Waals surface area contributed by atoms with Crippen molar-refractivity contribution in [2.75, 3.05) is 24.0 Å². The fourth-order valence-electron chi connectivity index (χ4n) is 3.04. The van der Waals surface area contributed by atoms with E-state index in [1.807, 2.05) is 5.01 Å². The Bertz CT molecular complexity index is 879. The normalized spacial score (nSPS) is 16.7. The molecule has 2 aromatic rings. The number of nitrogens with zero attached hydrogens (tertiary/aromatic N) is 3. The molecule has 7 heteroatoms. The van der Waals surface area contributed by atoms with E-state index in [0.717, 1.165) is 19.4 Å². The Hall–Kier alpha value is -2.72. The Kier molecular flexibility index (Phi) is 4.00. The zero-order valence-electron chi connectivity index (χ0n) is 14.1. The average molecular weight is 358 g/mol. The van der Waals surface area contributed by atoms with Crippen molar-refractivity contribution in [3.63, 3.8) is 0 Å². The highest BCUT2D eigenvalue weighted by atomic mass is 19.4. The van der Waals surface area contributed by atoms with Gasteiger partial charge < -0.3 is 0 Å². The van der Waals surface area contributed by atoms with E-state index in [1.165, 1.54) is 6.07 Å². The molecule has 2 heterocycles. The number of fused-ring (bicyclic) bond motifs is 1. The summed E-state index contributed by atoms with van der Waals surface area (Å²) in [6, 6.07) is 6.49. The molecule has 1 N–H and O–H groups in total. The predicted octanol–water partition coefficient (Wildman–Crippen LogP) is 3.90. The Morgan fingerprint density at radius 3 is 2.54 bits per heavy atom. The van der Waals surface area contributed by atoms with Crippen molar-refractivity contribution in [2.45, 2.75) is 19.0 Å². The third kappa shape index (κ3) is 3.20. The smallest absolute Gasteiger partial charge is 0.299 e. The second-order valence-corrected chi connectivity index (χ2v) is 6.53. The zero-order chi connectivity index (χ0) is 18.3. The van der Waals surface area contributed by atoms with E-state index < -0.39 is 11.7 Å². The van der Waals surface area contributed by atoms with E-state index in [9.17, 15) is 13.2 Å². The van der Waals surface area contributed by atoms with Crippen LogP contribution in [-0.4, -0.2) is 23.7 Å². The molecule has 1 aromatic carbocycles. The summed E-state index contributed by atoms with van der Waals surface area (Å²) in [6.07, 6.45) is 0.868. The van der Waals surface area contributed by atoms with Gasteiger partial charge in [-0.05, 0) is 43.0 Å². The molecular formula is C19H17F3N4. The number of pyridine rings is 1. The lowest BCUT2D eigenvalue weighted by atomic mass is 10.0. The van der Waals surface area contributed by atoms with Gasteiger partial charge in [-0.2, -0.15) is 13.2 Å². The van der Waals surface area contributed by atoms with Crippen LogP contribution in [0.1, 0.15) is 29.5 Å². The molecule has 4 nitrogen and oxygen atoms in total. The van der Waals surface area contributed by atoms with Crippen LogP contribution in [0.4, 0.5) is 24.5 Å². The number of alkyl halides is 3. The number of benzene rings is 1. The van der Waals surface area contributed by atoms with Crippen molar-refractivity contribution in [1.82, 2.24) is 10.1 Å². The summed E-state index contributed by atoms with van der Waals surface area (Å²) in [5, 5.41) is 3.49. The summed E-state index contributed by atoms with van der Waals surface area (Å²) in [7, 11) is 1.73. The summed E-state index contributed by atoms with van der Waals surface area (Å²) >= 11 is 0. The number of halogens is 3. The minimum Gasteiger partial charge on any atom is -0.299 e. The third-order valence-electron chi connectivity index (χ3n) is 4.53.